The van der Waals surface area contributed by atoms with Gasteiger partial charge in [0.05, 0.1) is 7.11 Å². The van der Waals surface area contributed by atoms with Crippen molar-refractivity contribution in [1.29, 1.82) is 0 Å². The van der Waals surface area contributed by atoms with Gasteiger partial charge in [-0.1, -0.05) is 0 Å². The number of alkyl carbamates (subject to hydrolysis) is 1. The van der Waals surface area contributed by atoms with Gasteiger partial charge in [0.1, 0.15) is 23.7 Å². The molecular weight excluding hydrogens is 284 g/mol. The van der Waals surface area contributed by atoms with Crippen LogP contribution in [0.5, 0.6) is 5.75 Å². The molecule has 0 saturated carbocycles. The number of benzene rings is 1. The number of rotatable bonds is 4. The normalized spacial score (nSPS) is 12.5. The molecule has 0 fully saturated rings. The molecule has 1 aromatic rings. The van der Waals surface area contributed by atoms with E-state index in [0.717, 1.165) is 6.07 Å². The fraction of sp³-hybridized carbons (Fsp3) is 0.429. The first-order valence-corrected chi connectivity index (χ1v) is 6.15. The number of nitrogens with one attached hydrogen (secondary N) is 1. The van der Waals surface area contributed by atoms with Crippen molar-refractivity contribution in [3.05, 3.63) is 29.3 Å². The quantitative estimate of drug-likeness (QED) is 0.869. The third-order valence-corrected chi connectivity index (χ3v) is 2.38. The molecule has 1 atom stereocenters. The topological polar surface area (TPSA) is 64.6 Å². The van der Waals surface area contributed by atoms with Crippen molar-refractivity contribution >= 4 is 12.4 Å². The Morgan fingerprint density at radius 3 is 2.43 bits per heavy atom. The monoisotopic (exact) mass is 301 g/mol. The van der Waals surface area contributed by atoms with Gasteiger partial charge in [0.15, 0.2) is 11.6 Å². The molecule has 0 radical (unpaired) electrons. The maximum atomic E-state index is 13.6. The Morgan fingerprint density at radius 1 is 1.33 bits per heavy atom. The Labute approximate surface area is 121 Å². The van der Waals surface area contributed by atoms with E-state index in [0.29, 0.717) is 12.4 Å². The third kappa shape index (κ3) is 4.70. The molecule has 0 saturated heterocycles. The highest BCUT2D eigenvalue weighted by atomic mass is 19.1. The molecule has 0 aliphatic carbocycles. The lowest BCUT2D eigenvalue weighted by Crippen LogP contribution is -2.35. The fourth-order valence-corrected chi connectivity index (χ4v) is 1.65. The Kier molecular flexibility index (Phi) is 5.23. The summed E-state index contributed by atoms with van der Waals surface area (Å²) < 4.78 is 36.7. The standard InChI is InChI=1S/C14H17F2NO4/c1-14(2,3)21-13(19)17-11(7-18)9-5-8(15)6-10(16)12(9)20-4/h5-7,11H,1-4H3,(H,17,19). The van der Waals surface area contributed by atoms with E-state index in [1.54, 1.807) is 20.8 Å². The largest absolute Gasteiger partial charge is 0.493 e. The Bertz CT molecular complexity index is 541. The van der Waals surface area contributed by atoms with Crippen LogP contribution in [0.2, 0.25) is 0 Å². The molecule has 1 unspecified atom stereocenters. The predicted molar refractivity (Wildman–Crippen MR) is 71.1 cm³/mol. The summed E-state index contributed by atoms with van der Waals surface area (Å²) in [5.41, 5.74) is -0.898. The van der Waals surface area contributed by atoms with E-state index in [-0.39, 0.29) is 11.3 Å². The van der Waals surface area contributed by atoms with Crippen molar-refractivity contribution in [3.63, 3.8) is 0 Å². The second-order valence-electron chi connectivity index (χ2n) is 5.27. The van der Waals surface area contributed by atoms with Crippen molar-refractivity contribution in [2.45, 2.75) is 32.4 Å². The second-order valence-corrected chi connectivity index (χ2v) is 5.27. The number of hydrogen-bond donors (Lipinski definition) is 1. The maximum Gasteiger partial charge on any atom is 0.408 e. The molecule has 1 rings (SSSR count). The zero-order valence-electron chi connectivity index (χ0n) is 12.2. The van der Waals surface area contributed by atoms with Crippen LogP contribution in [0, 0.1) is 11.6 Å². The van der Waals surface area contributed by atoms with Gasteiger partial charge in [-0.15, -0.1) is 0 Å². The fourth-order valence-electron chi connectivity index (χ4n) is 1.65. The number of halogens is 2. The minimum atomic E-state index is -1.29. The van der Waals surface area contributed by atoms with Crippen LogP contribution in [0.15, 0.2) is 12.1 Å². The van der Waals surface area contributed by atoms with Crippen molar-refractivity contribution in [2.75, 3.05) is 7.11 Å². The average Bonchev–Trinajstić information content (AvgIpc) is 2.32. The molecular formula is C14H17F2NO4. The molecule has 116 valence electrons. The van der Waals surface area contributed by atoms with E-state index >= 15 is 0 Å². The van der Waals surface area contributed by atoms with Gasteiger partial charge in [-0.3, -0.25) is 0 Å². The number of carbonyl (C=O) groups is 2. The predicted octanol–water partition coefficient (Wildman–Crippen LogP) is 2.74. The van der Waals surface area contributed by atoms with Gasteiger partial charge in [-0.2, -0.15) is 0 Å². The van der Waals surface area contributed by atoms with Crippen LogP contribution in [-0.4, -0.2) is 25.1 Å². The summed E-state index contributed by atoms with van der Waals surface area (Å²) >= 11 is 0. The Balaban J connectivity index is 3.06. The molecule has 0 spiro atoms. The number of aldehydes is 1. The number of hydrogen-bond acceptors (Lipinski definition) is 4. The third-order valence-electron chi connectivity index (χ3n) is 2.38. The minimum absolute atomic E-state index is 0.129. The van der Waals surface area contributed by atoms with Crippen molar-refractivity contribution in [2.24, 2.45) is 0 Å². The average molecular weight is 301 g/mol. The number of amides is 1. The van der Waals surface area contributed by atoms with Gasteiger partial charge in [-0.25, -0.2) is 13.6 Å². The van der Waals surface area contributed by atoms with Crippen LogP contribution in [0.25, 0.3) is 0 Å². The van der Waals surface area contributed by atoms with Gasteiger partial charge in [0, 0.05) is 11.6 Å². The molecule has 0 bridgehead atoms. The summed E-state index contributed by atoms with van der Waals surface area (Å²) in [5.74, 6) is -2.17. The molecule has 0 aromatic heterocycles. The maximum absolute atomic E-state index is 13.6. The SMILES string of the molecule is COc1c(F)cc(F)cc1C(C=O)NC(=O)OC(C)(C)C. The smallest absolute Gasteiger partial charge is 0.408 e. The van der Waals surface area contributed by atoms with Crippen molar-refractivity contribution < 1.29 is 27.8 Å². The highest BCUT2D eigenvalue weighted by molar-refractivity contribution is 5.75. The number of carbonyl (C=O) groups excluding carboxylic acids is 2. The molecule has 5 nitrogen and oxygen atoms in total. The first-order chi connectivity index (χ1) is 9.67. The van der Waals surface area contributed by atoms with E-state index in [1.165, 1.54) is 7.11 Å². The minimum Gasteiger partial charge on any atom is -0.493 e. The van der Waals surface area contributed by atoms with Crippen LogP contribution in [0.4, 0.5) is 13.6 Å². The molecule has 0 aliphatic rings. The van der Waals surface area contributed by atoms with E-state index in [9.17, 15) is 18.4 Å². The zero-order valence-corrected chi connectivity index (χ0v) is 12.2. The summed E-state index contributed by atoms with van der Waals surface area (Å²) in [6.45, 7) is 4.93. The summed E-state index contributed by atoms with van der Waals surface area (Å²) in [6.07, 6.45) is -0.549. The van der Waals surface area contributed by atoms with Crippen LogP contribution < -0.4 is 10.1 Å². The van der Waals surface area contributed by atoms with E-state index < -0.39 is 29.4 Å². The first kappa shape index (κ1) is 16.9. The van der Waals surface area contributed by atoms with Crippen LogP contribution >= 0.6 is 0 Å². The molecule has 1 amide bonds. The van der Waals surface area contributed by atoms with E-state index in [2.05, 4.69) is 5.32 Å². The van der Waals surface area contributed by atoms with Crippen LogP contribution in [0.1, 0.15) is 32.4 Å². The summed E-state index contributed by atoms with van der Waals surface area (Å²) in [6, 6.07) is 0.246. The first-order valence-electron chi connectivity index (χ1n) is 6.15. The zero-order chi connectivity index (χ0) is 16.2. The van der Waals surface area contributed by atoms with Crippen LogP contribution in [-0.2, 0) is 9.53 Å². The Hall–Kier alpha value is -2.18. The summed E-state index contributed by atoms with van der Waals surface area (Å²) in [4.78, 5) is 22.8. The highest BCUT2D eigenvalue weighted by Gasteiger charge is 2.24. The summed E-state index contributed by atoms with van der Waals surface area (Å²) in [7, 11) is 1.18. The number of methoxy groups -OCH3 is 1. The lowest BCUT2D eigenvalue weighted by molar-refractivity contribution is -0.109. The van der Waals surface area contributed by atoms with E-state index in [4.69, 9.17) is 9.47 Å². The van der Waals surface area contributed by atoms with Crippen molar-refractivity contribution in [1.82, 2.24) is 5.32 Å². The Morgan fingerprint density at radius 2 is 1.95 bits per heavy atom. The molecule has 7 heteroatoms. The van der Waals surface area contributed by atoms with Gasteiger partial charge < -0.3 is 19.6 Å². The van der Waals surface area contributed by atoms with E-state index in [1.807, 2.05) is 0 Å². The second kappa shape index (κ2) is 6.51. The van der Waals surface area contributed by atoms with Crippen molar-refractivity contribution in [3.8, 4) is 5.75 Å². The molecule has 1 N–H and O–H groups in total. The highest BCUT2D eigenvalue weighted by Crippen LogP contribution is 2.28. The van der Waals surface area contributed by atoms with Gasteiger partial charge in [0.2, 0.25) is 0 Å². The van der Waals surface area contributed by atoms with Gasteiger partial charge in [-0.05, 0) is 26.8 Å². The number of ether oxygens (including phenoxy) is 2. The molecule has 0 aliphatic heterocycles. The van der Waals surface area contributed by atoms with Gasteiger partial charge in [0.25, 0.3) is 0 Å². The lowest BCUT2D eigenvalue weighted by Gasteiger charge is -2.22. The molecule has 21 heavy (non-hydrogen) atoms. The molecule has 1 aromatic carbocycles. The molecule has 0 heterocycles. The summed E-state index contributed by atoms with van der Waals surface area (Å²) in [5, 5.41) is 2.23. The lowest BCUT2D eigenvalue weighted by atomic mass is 10.1. The van der Waals surface area contributed by atoms with Crippen LogP contribution in [0.3, 0.4) is 0 Å². The van der Waals surface area contributed by atoms with Gasteiger partial charge >= 0.3 is 6.09 Å².